The first-order valence-electron chi connectivity index (χ1n) is 5.53. The highest BCUT2D eigenvalue weighted by Crippen LogP contribution is 2.28. The van der Waals surface area contributed by atoms with E-state index in [1.807, 2.05) is 25.1 Å². The lowest BCUT2D eigenvalue weighted by Gasteiger charge is -2.22. The third kappa shape index (κ3) is 2.39. The Bertz CT molecular complexity index is 414. The molecule has 3 heteroatoms. The Labute approximate surface area is 101 Å². The van der Waals surface area contributed by atoms with Crippen LogP contribution in [0, 0.1) is 6.92 Å². The molecule has 1 aliphatic heterocycles. The minimum atomic E-state index is -0.195. The maximum absolute atomic E-state index is 6.19. The molecule has 86 valence electrons. The van der Waals surface area contributed by atoms with E-state index in [0.29, 0.717) is 5.02 Å². The fourth-order valence-corrected chi connectivity index (χ4v) is 2.07. The van der Waals surface area contributed by atoms with Gasteiger partial charge in [0.1, 0.15) is 5.76 Å². The van der Waals surface area contributed by atoms with Gasteiger partial charge in [-0.2, -0.15) is 0 Å². The summed E-state index contributed by atoms with van der Waals surface area (Å²) in [5.41, 5.74) is 8.38. The molecule has 2 rings (SSSR count). The Kier molecular flexibility index (Phi) is 3.52. The first-order valence-corrected chi connectivity index (χ1v) is 5.91. The van der Waals surface area contributed by atoms with E-state index in [4.69, 9.17) is 22.1 Å². The number of halogens is 1. The number of benzene rings is 1. The minimum absolute atomic E-state index is 0.195. The highest BCUT2D eigenvalue weighted by atomic mass is 35.5. The zero-order valence-electron chi connectivity index (χ0n) is 9.37. The summed E-state index contributed by atoms with van der Waals surface area (Å²) in [7, 11) is 0. The van der Waals surface area contributed by atoms with Crippen molar-refractivity contribution >= 4 is 11.6 Å². The van der Waals surface area contributed by atoms with Crippen molar-refractivity contribution in [1.82, 2.24) is 0 Å². The van der Waals surface area contributed by atoms with Crippen LogP contribution in [0.15, 0.2) is 30.0 Å². The number of aryl methyl sites for hydroxylation is 1. The molecule has 1 aliphatic rings. The van der Waals surface area contributed by atoms with Crippen molar-refractivity contribution in [3.05, 3.63) is 46.2 Å². The van der Waals surface area contributed by atoms with Crippen LogP contribution in [0.3, 0.4) is 0 Å². The topological polar surface area (TPSA) is 35.2 Å². The van der Waals surface area contributed by atoms with Crippen LogP contribution < -0.4 is 5.73 Å². The number of nitrogens with two attached hydrogens (primary N) is 1. The zero-order chi connectivity index (χ0) is 11.5. The van der Waals surface area contributed by atoms with Gasteiger partial charge < -0.3 is 10.5 Å². The molecule has 0 aromatic heterocycles. The van der Waals surface area contributed by atoms with Crippen molar-refractivity contribution < 1.29 is 4.74 Å². The molecule has 0 fully saturated rings. The predicted molar refractivity (Wildman–Crippen MR) is 66.4 cm³/mol. The van der Waals surface area contributed by atoms with Gasteiger partial charge in [-0.05, 0) is 49.1 Å². The molecular weight excluding hydrogens is 222 g/mol. The van der Waals surface area contributed by atoms with Crippen LogP contribution in [0.25, 0.3) is 0 Å². The van der Waals surface area contributed by atoms with Crippen LogP contribution in [-0.2, 0) is 4.74 Å². The van der Waals surface area contributed by atoms with Gasteiger partial charge in [0.05, 0.1) is 12.6 Å². The van der Waals surface area contributed by atoms with Crippen LogP contribution in [0.5, 0.6) is 0 Å². The van der Waals surface area contributed by atoms with Crippen LogP contribution in [0.1, 0.15) is 30.0 Å². The highest BCUT2D eigenvalue weighted by molar-refractivity contribution is 6.30. The average Bonchev–Trinajstić information content (AvgIpc) is 2.32. The summed E-state index contributed by atoms with van der Waals surface area (Å²) < 4.78 is 5.58. The smallest absolute Gasteiger partial charge is 0.113 e. The third-order valence-electron chi connectivity index (χ3n) is 2.85. The van der Waals surface area contributed by atoms with Crippen molar-refractivity contribution in [2.75, 3.05) is 6.61 Å². The largest absolute Gasteiger partial charge is 0.496 e. The molecule has 0 amide bonds. The minimum Gasteiger partial charge on any atom is -0.496 e. The van der Waals surface area contributed by atoms with Crippen molar-refractivity contribution in [2.45, 2.75) is 25.8 Å². The summed E-state index contributed by atoms with van der Waals surface area (Å²) in [6, 6.07) is 5.59. The van der Waals surface area contributed by atoms with Crippen molar-refractivity contribution in [3.8, 4) is 0 Å². The van der Waals surface area contributed by atoms with E-state index in [9.17, 15) is 0 Å². The van der Waals surface area contributed by atoms with Gasteiger partial charge in [0.25, 0.3) is 0 Å². The molecular formula is C13H16ClNO. The molecule has 0 saturated carbocycles. The Balaban J connectivity index is 2.29. The number of ether oxygens (including phenoxy) is 1. The normalized spacial score (nSPS) is 17.6. The quantitative estimate of drug-likeness (QED) is 0.856. The number of rotatable bonds is 2. The third-order valence-corrected chi connectivity index (χ3v) is 3.08. The van der Waals surface area contributed by atoms with Crippen LogP contribution in [0.4, 0.5) is 0 Å². The van der Waals surface area contributed by atoms with E-state index >= 15 is 0 Å². The zero-order valence-corrected chi connectivity index (χ0v) is 10.1. The molecule has 16 heavy (non-hydrogen) atoms. The summed E-state index contributed by atoms with van der Waals surface area (Å²) in [5.74, 6) is 0.872. The number of allylic oxidation sites excluding steroid dienone is 1. The second-order valence-electron chi connectivity index (χ2n) is 4.08. The number of hydrogen-bond donors (Lipinski definition) is 1. The Hall–Kier alpha value is -0.990. The SMILES string of the molecule is Cc1ccc(Cl)cc1C(N)C1=CCCCO1. The van der Waals surface area contributed by atoms with Gasteiger partial charge in [-0.25, -0.2) is 0 Å². The molecule has 0 saturated heterocycles. The van der Waals surface area contributed by atoms with Gasteiger partial charge in [0, 0.05) is 5.02 Å². The average molecular weight is 238 g/mol. The summed E-state index contributed by atoms with van der Waals surface area (Å²) in [4.78, 5) is 0. The molecule has 1 unspecified atom stereocenters. The molecule has 0 radical (unpaired) electrons. The first kappa shape index (κ1) is 11.5. The molecule has 0 spiro atoms. The van der Waals surface area contributed by atoms with Crippen LogP contribution in [-0.4, -0.2) is 6.61 Å². The summed E-state index contributed by atoms with van der Waals surface area (Å²) in [5, 5.41) is 0.715. The first-order chi connectivity index (χ1) is 7.68. The maximum Gasteiger partial charge on any atom is 0.113 e. The Morgan fingerprint density at radius 2 is 2.25 bits per heavy atom. The molecule has 1 heterocycles. The molecule has 1 aromatic rings. The Morgan fingerprint density at radius 3 is 2.94 bits per heavy atom. The van der Waals surface area contributed by atoms with Crippen molar-refractivity contribution in [2.24, 2.45) is 5.73 Å². The number of hydrogen-bond acceptors (Lipinski definition) is 2. The molecule has 1 atom stereocenters. The predicted octanol–water partition coefficient (Wildman–Crippen LogP) is 3.34. The summed E-state index contributed by atoms with van der Waals surface area (Å²) >= 11 is 5.98. The van der Waals surface area contributed by atoms with Gasteiger partial charge in [-0.3, -0.25) is 0 Å². The second-order valence-corrected chi connectivity index (χ2v) is 4.51. The monoisotopic (exact) mass is 237 g/mol. The molecule has 0 aliphatic carbocycles. The van der Waals surface area contributed by atoms with E-state index in [2.05, 4.69) is 6.08 Å². The molecule has 0 bridgehead atoms. The Morgan fingerprint density at radius 1 is 1.44 bits per heavy atom. The van der Waals surface area contributed by atoms with Gasteiger partial charge in [0.2, 0.25) is 0 Å². The van der Waals surface area contributed by atoms with Gasteiger partial charge >= 0.3 is 0 Å². The summed E-state index contributed by atoms with van der Waals surface area (Å²) in [6.07, 6.45) is 4.20. The van der Waals surface area contributed by atoms with Gasteiger partial charge in [0.15, 0.2) is 0 Å². The van der Waals surface area contributed by atoms with E-state index in [0.717, 1.165) is 36.3 Å². The highest BCUT2D eigenvalue weighted by Gasteiger charge is 2.17. The van der Waals surface area contributed by atoms with Gasteiger partial charge in [-0.1, -0.05) is 17.7 Å². The second kappa shape index (κ2) is 4.89. The lowest BCUT2D eigenvalue weighted by atomic mass is 9.99. The fourth-order valence-electron chi connectivity index (χ4n) is 1.89. The van der Waals surface area contributed by atoms with Crippen LogP contribution in [0.2, 0.25) is 5.02 Å². The van der Waals surface area contributed by atoms with Crippen LogP contribution >= 0.6 is 11.6 Å². The van der Waals surface area contributed by atoms with E-state index < -0.39 is 0 Å². The molecule has 2 nitrogen and oxygen atoms in total. The fraction of sp³-hybridized carbons (Fsp3) is 0.385. The molecule has 1 aromatic carbocycles. The molecule has 2 N–H and O–H groups in total. The van der Waals surface area contributed by atoms with Gasteiger partial charge in [-0.15, -0.1) is 0 Å². The maximum atomic E-state index is 6.19. The van der Waals surface area contributed by atoms with Crippen molar-refractivity contribution in [3.63, 3.8) is 0 Å². The summed E-state index contributed by atoms with van der Waals surface area (Å²) in [6.45, 7) is 2.80. The lowest BCUT2D eigenvalue weighted by Crippen LogP contribution is -2.18. The lowest BCUT2D eigenvalue weighted by molar-refractivity contribution is 0.175. The van der Waals surface area contributed by atoms with E-state index in [-0.39, 0.29) is 6.04 Å². The van der Waals surface area contributed by atoms with Crippen molar-refractivity contribution in [1.29, 1.82) is 0 Å². The standard InChI is InChI=1S/C13H16ClNO/c1-9-5-6-10(14)8-11(9)13(15)12-4-2-3-7-16-12/h4-6,8,13H,2-3,7,15H2,1H3. The van der Waals surface area contributed by atoms with E-state index in [1.54, 1.807) is 0 Å². The van der Waals surface area contributed by atoms with E-state index in [1.165, 1.54) is 0 Å².